The summed E-state index contributed by atoms with van der Waals surface area (Å²) in [5.41, 5.74) is -0.0719. The lowest BCUT2D eigenvalue weighted by Crippen LogP contribution is -2.04. The number of methoxy groups -OCH3 is 2. The number of fused-ring (bicyclic) bond motifs is 2. The lowest BCUT2D eigenvalue weighted by Gasteiger charge is -2.10. The summed E-state index contributed by atoms with van der Waals surface area (Å²) in [6, 6.07) is 5.45. The monoisotopic (exact) mass is 288 g/mol. The molecule has 0 radical (unpaired) electrons. The third-order valence-corrected chi connectivity index (χ3v) is 3.25. The molecule has 0 bridgehead atoms. The molecule has 0 aliphatic rings. The zero-order chi connectivity index (χ0) is 15.1. The zero-order valence-corrected chi connectivity index (χ0v) is 11.3. The first kappa shape index (κ1) is 13.1. The second-order valence-corrected chi connectivity index (χ2v) is 4.45. The summed E-state index contributed by atoms with van der Waals surface area (Å²) >= 11 is 0. The van der Waals surface area contributed by atoms with Crippen LogP contribution in [0.1, 0.15) is 0 Å². The van der Waals surface area contributed by atoms with Gasteiger partial charge in [0.2, 0.25) is 11.2 Å². The number of ether oxygens (including phenoxy) is 2. The van der Waals surface area contributed by atoms with Gasteiger partial charge in [0.1, 0.15) is 22.5 Å². The van der Waals surface area contributed by atoms with Gasteiger partial charge in [-0.15, -0.1) is 0 Å². The van der Waals surface area contributed by atoms with Crippen LogP contribution in [0.25, 0.3) is 21.9 Å². The van der Waals surface area contributed by atoms with Gasteiger partial charge in [0, 0.05) is 12.1 Å². The number of phenolic OH excluding ortho intramolecular Hbond substituents is 2. The smallest absolute Gasteiger partial charge is 0.204 e. The van der Waals surface area contributed by atoms with Crippen LogP contribution in [0.5, 0.6) is 23.0 Å². The Morgan fingerprint density at radius 3 is 2.52 bits per heavy atom. The van der Waals surface area contributed by atoms with E-state index in [-0.39, 0.29) is 50.4 Å². The molecule has 0 amide bonds. The minimum Gasteiger partial charge on any atom is -0.508 e. The van der Waals surface area contributed by atoms with E-state index in [4.69, 9.17) is 13.9 Å². The molecule has 21 heavy (non-hydrogen) atoms. The van der Waals surface area contributed by atoms with Crippen molar-refractivity contribution in [1.82, 2.24) is 0 Å². The van der Waals surface area contributed by atoms with E-state index in [1.54, 1.807) is 0 Å². The summed E-state index contributed by atoms with van der Waals surface area (Å²) in [5, 5.41) is 19.9. The summed E-state index contributed by atoms with van der Waals surface area (Å²) < 4.78 is 15.8. The summed E-state index contributed by atoms with van der Waals surface area (Å²) in [5.74, 6) is 0.0436. The van der Waals surface area contributed by atoms with Gasteiger partial charge >= 0.3 is 0 Å². The maximum Gasteiger partial charge on any atom is 0.204 e. The van der Waals surface area contributed by atoms with E-state index in [1.165, 1.54) is 38.5 Å². The highest BCUT2D eigenvalue weighted by molar-refractivity contribution is 5.96. The Labute approximate surface area is 118 Å². The average molecular weight is 288 g/mol. The van der Waals surface area contributed by atoms with Gasteiger partial charge in [-0.1, -0.05) is 0 Å². The zero-order valence-electron chi connectivity index (χ0n) is 11.3. The van der Waals surface area contributed by atoms with Crippen LogP contribution in [0.4, 0.5) is 0 Å². The summed E-state index contributed by atoms with van der Waals surface area (Å²) in [4.78, 5) is 12.6. The Hall–Kier alpha value is -2.89. The van der Waals surface area contributed by atoms with Crippen LogP contribution in [0, 0.1) is 0 Å². The second kappa shape index (κ2) is 4.59. The molecule has 3 rings (SSSR count). The van der Waals surface area contributed by atoms with Crippen molar-refractivity contribution in [2.45, 2.75) is 0 Å². The van der Waals surface area contributed by atoms with Crippen molar-refractivity contribution in [3.63, 3.8) is 0 Å². The van der Waals surface area contributed by atoms with Crippen molar-refractivity contribution in [1.29, 1.82) is 0 Å². The van der Waals surface area contributed by atoms with Crippen molar-refractivity contribution < 1.29 is 24.1 Å². The number of rotatable bonds is 2. The lowest BCUT2D eigenvalue weighted by molar-refractivity contribution is 0.371. The predicted octanol–water partition coefficient (Wildman–Crippen LogP) is 2.37. The van der Waals surface area contributed by atoms with E-state index in [0.29, 0.717) is 0 Å². The van der Waals surface area contributed by atoms with E-state index in [2.05, 4.69) is 0 Å². The van der Waals surface area contributed by atoms with Crippen LogP contribution in [-0.4, -0.2) is 24.4 Å². The maximum atomic E-state index is 12.6. The molecule has 2 aromatic carbocycles. The number of hydrogen-bond donors (Lipinski definition) is 2. The van der Waals surface area contributed by atoms with Gasteiger partial charge in [0.25, 0.3) is 0 Å². The molecule has 6 heteroatoms. The van der Waals surface area contributed by atoms with Crippen molar-refractivity contribution in [2.75, 3.05) is 14.2 Å². The van der Waals surface area contributed by atoms with Crippen LogP contribution < -0.4 is 14.9 Å². The minimum absolute atomic E-state index is 0.0637. The van der Waals surface area contributed by atoms with E-state index in [9.17, 15) is 15.0 Å². The molecule has 0 saturated carbocycles. The molecule has 1 aromatic heterocycles. The topological polar surface area (TPSA) is 89.1 Å². The number of hydrogen-bond acceptors (Lipinski definition) is 6. The Morgan fingerprint density at radius 1 is 1.10 bits per heavy atom. The molecular formula is C15H12O6. The van der Waals surface area contributed by atoms with Gasteiger partial charge in [0.05, 0.1) is 19.6 Å². The van der Waals surface area contributed by atoms with E-state index < -0.39 is 0 Å². The largest absolute Gasteiger partial charge is 0.508 e. The van der Waals surface area contributed by atoms with Crippen molar-refractivity contribution in [2.24, 2.45) is 0 Å². The predicted molar refractivity (Wildman–Crippen MR) is 76.4 cm³/mol. The highest BCUT2D eigenvalue weighted by atomic mass is 16.5. The Bertz CT molecular complexity index is 910. The average Bonchev–Trinajstić information content (AvgIpc) is 2.46. The standard InChI is InChI=1S/C15H12O6/c1-19-10-5-7(16)6-11-12(10)13(18)8-3-4-9(17)15(20-2)14(8)21-11/h3-6,16-17H,1-2H3. The molecule has 0 aliphatic carbocycles. The number of phenols is 2. The molecule has 0 saturated heterocycles. The first-order valence-corrected chi connectivity index (χ1v) is 6.10. The van der Waals surface area contributed by atoms with E-state index in [0.717, 1.165) is 0 Å². The van der Waals surface area contributed by atoms with Gasteiger partial charge in [-0.3, -0.25) is 4.79 Å². The number of benzene rings is 2. The fraction of sp³-hybridized carbons (Fsp3) is 0.133. The molecule has 0 atom stereocenters. The molecule has 2 N–H and O–H groups in total. The third kappa shape index (κ3) is 1.84. The van der Waals surface area contributed by atoms with Gasteiger partial charge in [0.15, 0.2) is 11.3 Å². The molecule has 0 unspecified atom stereocenters. The maximum absolute atomic E-state index is 12.6. The fourth-order valence-electron chi connectivity index (χ4n) is 2.32. The Morgan fingerprint density at radius 2 is 1.86 bits per heavy atom. The van der Waals surface area contributed by atoms with Crippen LogP contribution >= 0.6 is 0 Å². The summed E-state index contributed by atoms with van der Waals surface area (Å²) in [7, 11) is 2.76. The van der Waals surface area contributed by atoms with Crippen LogP contribution in [-0.2, 0) is 0 Å². The third-order valence-electron chi connectivity index (χ3n) is 3.25. The van der Waals surface area contributed by atoms with Crippen LogP contribution in [0.15, 0.2) is 33.5 Å². The van der Waals surface area contributed by atoms with Gasteiger partial charge in [-0.25, -0.2) is 0 Å². The Balaban J connectivity index is 2.58. The molecular weight excluding hydrogens is 276 g/mol. The van der Waals surface area contributed by atoms with Gasteiger partial charge in [-0.05, 0) is 12.1 Å². The van der Waals surface area contributed by atoms with Gasteiger partial charge in [-0.2, -0.15) is 0 Å². The van der Waals surface area contributed by atoms with Crippen molar-refractivity contribution >= 4 is 21.9 Å². The van der Waals surface area contributed by atoms with Crippen molar-refractivity contribution in [3.05, 3.63) is 34.5 Å². The lowest BCUT2D eigenvalue weighted by atomic mass is 10.1. The SMILES string of the molecule is COc1c(O)ccc2c(=O)c3c(OC)cc(O)cc3oc12. The molecule has 0 aliphatic heterocycles. The summed E-state index contributed by atoms with van der Waals surface area (Å²) in [6.07, 6.45) is 0. The second-order valence-electron chi connectivity index (χ2n) is 4.45. The molecule has 108 valence electrons. The molecule has 0 fully saturated rings. The first-order chi connectivity index (χ1) is 10.1. The molecule has 0 spiro atoms. The highest BCUT2D eigenvalue weighted by Gasteiger charge is 2.18. The van der Waals surface area contributed by atoms with Gasteiger partial charge < -0.3 is 24.1 Å². The summed E-state index contributed by atoms with van der Waals surface area (Å²) in [6.45, 7) is 0. The fourth-order valence-corrected chi connectivity index (χ4v) is 2.32. The molecule has 1 heterocycles. The first-order valence-electron chi connectivity index (χ1n) is 6.10. The normalized spacial score (nSPS) is 11.0. The van der Waals surface area contributed by atoms with E-state index in [1.807, 2.05) is 0 Å². The quantitative estimate of drug-likeness (QED) is 0.704. The molecule has 6 nitrogen and oxygen atoms in total. The minimum atomic E-state index is -0.332. The van der Waals surface area contributed by atoms with Crippen molar-refractivity contribution in [3.8, 4) is 23.0 Å². The van der Waals surface area contributed by atoms with Crippen LogP contribution in [0.2, 0.25) is 0 Å². The van der Waals surface area contributed by atoms with E-state index >= 15 is 0 Å². The number of aromatic hydroxyl groups is 2. The highest BCUT2D eigenvalue weighted by Crippen LogP contribution is 2.37. The molecule has 3 aromatic rings. The van der Waals surface area contributed by atoms with Crippen LogP contribution in [0.3, 0.4) is 0 Å². The Kier molecular flexibility index (Phi) is 2.86.